The lowest BCUT2D eigenvalue weighted by atomic mass is 9.88. The van der Waals surface area contributed by atoms with Crippen molar-refractivity contribution in [3.63, 3.8) is 0 Å². The highest BCUT2D eigenvalue weighted by molar-refractivity contribution is 6.10. The molecular weight excluding hydrogens is 341 g/mol. The number of rotatable bonds is 4. The minimum Gasteiger partial charge on any atom is -0.339 e. The molecule has 1 aromatic heterocycles. The Kier molecular flexibility index (Phi) is 4.70. The molecule has 0 unspecified atom stereocenters. The second-order valence-electron chi connectivity index (χ2n) is 7.27. The predicted octanol–water partition coefficient (Wildman–Crippen LogP) is 3.92. The lowest BCUT2D eigenvalue weighted by molar-refractivity contribution is 0.103. The van der Waals surface area contributed by atoms with Crippen LogP contribution in [0.5, 0.6) is 0 Å². The molecule has 140 valence electrons. The molecule has 0 amide bonds. The largest absolute Gasteiger partial charge is 0.339 e. The lowest BCUT2D eigenvalue weighted by Crippen LogP contribution is -2.32. The van der Waals surface area contributed by atoms with E-state index in [2.05, 4.69) is 11.8 Å². The molecule has 0 spiro atoms. The van der Waals surface area contributed by atoms with Gasteiger partial charge in [-0.15, -0.1) is 0 Å². The van der Waals surface area contributed by atoms with Gasteiger partial charge in [-0.1, -0.05) is 6.92 Å². The van der Waals surface area contributed by atoms with Gasteiger partial charge in [-0.3, -0.25) is 9.47 Å². The first kappa shape index (κ1) is 17.7. The number of nitrogens with zero attached hydrogens (tertiary/aromatic N) is 2. The van der Waals surface area contributed by atoms with Crippen LogP contribution in [-0.4, -0.2) is 35.0 Å². The van der Waals surface area contributed by atoms with Gasteiger partial charge in [-0.05, 0) is 86.4 Å². The van der Waals surface area contributed by atoms with E-state index < -0.39 is 0 Å². The Labute approximate surface area is 158 Å². The van der Waals surface area contributed by atoms with Crippen molar-refractivity contribution in [3.8, 4) is 0 Å². The summed E-state index contributed by atoms with van der Waals surface area (Å²) in [5, 5.41) is 1.04. The standard InChI is InChI=1S/C22H24FN3O/c1-2-25-11-9-15(10-12-25)20-14-26(24)21-8-5-17(13-19(20)21)22(27)16-3-6-18(23)7-4-16/h3-8,13-15H,2,9-12,24H2,1H3. The molecule has 5 heteroatoms. The summed E-state index contributed by atoms with van der Waals surface area (Å²) in [5.74, 6) is 6.18. The van der Waals surface area contributed by atoms with Gasteiger partial charge in [0, 0.05) is 22.7 Å². The van der Waals surface area contributed by atoms with Crippen molar-refractivity contribution in [2.45, 2.75) is 25.7 Å². The number of carbonyl (C=O) groups is 1. The van der Waals surface area contributed by atoms with Crippen LogP contribution >= 0.6 is 0 Å². The maximum absolute atomic E-state index is 13.1. The molecule has 4 nitrogen and oxygen atoms in total. The summed E-state index contributed by atoms with van der Waals surface area (Å²) in [7, 11) is 0. The first-order valence-corrected chi connectivity index (χ1v) is 9.49. The van der Waals surface area contributed by atoms with Crippen LogP contribution in [0, 0.1) is 5.82 Å². The van der Waals surface area contributed by atoms with E-state index in [1.807, 2.05) is 18.3 Å². The Bertz CT molecular complexity index is 969. The number of aromatic nitrogens is 1. The third-order valence-corrected chi connectivity index (χ3v) is 5.71. The van der Waals surface area contributed by atoms with Crippen molar-refractivity contribution in [3.05, 3.63) is 71.2 Å². The van der Waals surface area contributed by atoms with E-state index in [0.717, 1.165) is 43.4 Å². The summed E-state index contributed by atoms with van der Waals surface area (Å²) in [5.41, 5.74) is 3.24. The van der Waals surface area contributed by atoms with E-state index in [1.54, 1.807) is 10.7 Å². The highest BCUT2D eigenvalue weighted by atomic mass is 19.1. The number of hydrogen-bond acceptors (Lipinski definition) is 3. The average molecular weight is 365 g/mol. The molecule has 1 saturated heterocycles. The number of carbonyl (C=O) groups excluding carboxylic acids is 1. The van der Waals surface area contributed by atoms with Gasteiger partial charge in [0.05, 0.1) is 5.52 Å². The topological polar surface area (TPSA) is 51.3 Å². The zero-order valence-corrected chi connectivity index (χ0v) is 15.5. The van der Waals surface area contributed by atoms with Gasteiger partial charge in [-0.25, -0.2) is 4.39 Å². The van der Waals surface area contributed by atoms with Crippen LogP contribution < -0.4 is 5.84 Å². The van der Waals surface area contributed by atoms with Crippen LogP contribution in [0.25, 0.3) is 10.9 Å². The van der Waals surface area contributed by atoms with Crippen molar-refractivity contribution in [1.82, 2.24) is 9.58 Å². The minimum atomic E-state index is -0.345. The van der Waals surface area contributed by atoms with Crippen LogP contribution in [0.2, 0.25) is 0 Å². The molecule has 4 rings (SSSR count). The number of fused-ring (bicyclic) bond motifs is 1. The second-order valence-corrected chi connectivity index (χ2v) is 7.27. The van der Waals surface area contributed by atoms with Crippen LogP contribution in [0.1, 0.15) is 47.2 Å². The number of benzene rings is 2. The highest BCUT2D eigenvalue weighted by Crippen LogP contribution is 2.34. The van der Waals surface area contributed by atoms with Crippen molar-refractivity contribution < 1.29 is 9.18 Å². The zero-order valence-electron chi connectivity index (χ0n) is 15.5. The smallest absolute Gasteiger partial charge is 0.193 e. The van der Waals surface area contributed by atoms with Crippen molar-refractivity contribution in [1.29, 1.82) is 0 Å². The maximum atomic E-state index is 13.1. The van der Waals surface area contributed by atoms with Gasteiger partial charge >= 0.3 is 0 Å². The Morgan fingerprint density at radius 1 is 1.11 bits per heavy atom. The summed E-state index contributed by atoms with van der Waals surface area (Å²) in [6, 6.07) is 11.3. The number of halogens is 1. The van der Waals surface area contributed by atoms with Gasteiger partial charge in [0.15, 0.2) is 5.78 Å². The maximum Gasteiger partial charge on any atom is 0.193 e. The number of piperidine rings is 1. The van der Waals surface area contributed by atoms with E-state index >= 15 is 0 Å². The fourth-order valence-electron chi connectivity index (χ4n) is 4.08. The molecule has 0 radical (unpaired) electrons. The fraction of sp³-hybridized carbons (Fsp3) is 0.318. The molecule has 1 fully saturated rings. The molecular formula is C22H24FN3O. The van der Waals surface area contributed by atoms with Crippen LogP contribution in [0.4, 0.5) is 4.39 Å². The molecule has 27 heavy (non-hydrogen) atoms. The van der Waals surface area contributed by atoms with E-state index in [4.69, 9.17) is 5.84 Å². The molecule has 0 bridgehead atoms. The summed E-state index contributed by atoms with van der Waals surface area (Å²) < 4.78 is 14.8. The van der Waals surface area contributed by atoms with Gasteiger partial charge in [0.2, 0.25) is 0 Å². The summed E-state index contributed by atoms with van der Waals surface area (Å²) in [4.78, 5) is 15.3. The average Bonchev–Trinajstić information content (AvgIpc) is 3.04. The van der Waals surface area contributed by atoms with Gasteiger partial charge in [-0.2, -0.15) is 0 Å². The van der Waals surface area contributed by atoms with Crippen molar-refractivity contribution in [2.75, 3.05) is 25.5 Å². The molecule has 0 atom stereocenters. The Morgan fingerprint density at radius 2 is 1.78 bits per heavy atom. The fourth-order valence-corrected chi connectivity index (χ4v) is 4.08. The van der Waals surface area contributed by atoms with E-state index in [0.29, 0.717) is 17.0 Å². The van der Waals surface area contributed by atoms with Crippen LogP contribution in [0.3, 0.4) is 0 Å². The van der Waals surface area contributed by atoms with E-state index in [9.17, 15) is 9.18 Å². The number of likely N-dealkylation sites (tertiary alicyclic amines) is 1. The Morgan fingerprint density at radius 3 is 2.44 bits per heavy atom. The summed E-state index contributed by atoms with van der Waals surface area (Å²) >= 11 is 0. The molecule has 2 N–H and O–H groups in total. The Balaban J connectivity index is 1.69. The van der Waals surface area contributed by atoms with E-state index in [-0.39, 0.29) is 11.6 Å². The summed E-state index contributed by atoms with van der Waals surface area (Å²) in [6.07, 6.45) is 4.20. The number of ketones is 1. The zero-order chi connectivity index (χ0) is 19.0. The van der Waals surface area contributed by atoms with Gasteiger partial charge in [0.25, 0.3) is 0 Å². The minimum absolute atomic E-state index is 0.103. The predicted molar refractivity (Wildman–Crippen MR) is 106 cm³/mol. The van der Waals surface area contributed by atoms with Crippen molar-refractivity contribution in [2.24, 2.45) is 0 Å². The highest BCUT2D eigenvalue weighted by Gasteiger charge is 2.23. The molecule has 1 aliphatic rings. The van der Waals surface area contributed by atoms with Crippen molar-refractivity contribution >= 4 is 16.7 Å². The van der Waals surface area contributed by atoms with E-state index in [1.165, 1.54) is 29.8 Å². The van der Waals surface area contributed by atoms with Gasteiger partial charge < -0.3 is 10.7 Å². The molecule has 0 aliphatic carbocycles. The molecule has 1 aliphatic heterocycles. The lowest BCUT2D eigenvalue weighted by Gasteiger charge is -2.30. The quantitative estimate of drug-likeness (QED) is 0.563. The van der Waals surface area contributed by atoms with Crippen LogP contribution in [0.15, 0.2) is 48.7 Å². The molecule has 3 aromatic rings. The third kappa shape index (κ3) is 3.35. The summed E-state index contributed by atoms with van der Waals surface area (Å²) in [6.45, 7) is 5.46. The molecule has 2 heterocycles. The molecule has 0 saturated carbocycles. The number of hydrogen-bond donors (Lipinski definition) is 1. The normalized spacial score (nSPS) is 16.1. The number of nitrogen functional groups attached to an aromatic ring is 1. The van der Waals surface area contributed by atoms with Gasteiger partial charge in [0.1, 0.15) is 5.82 Å². The molecule has 2 aromatic carbocycles. The Hall–Kier alpha value is -2.66. The van der Waals surface area contributed by atoms with Crippen LogP contribution in [-0.2, 0) is 0 Å². The SMILES string of the molecule is CCN1CCC(c2cn(N)c3ccc(C(=O)c4ccc(F)cc4)cc23)CC1. The first-order chi connectivity index (χ1) is 13.1. The third-order valence-electron chi connectivity index (χ3n) is 5.71. The second kappa shape index (κ2) is 7.16. The monoisotopic (exact) mass is 365 g/mol. The number of nitrogens with two attached hydrogens (primary N) is 1. The first-order valence-electron chi connectivity index (χ1n) is 9.49.